The van der Waals surface area contributed by atoms with Gasteiger partial charge in [0.2, 0.25) is 0 Å². The van der Waals surface area contributed by atoms with Crippen molar-refractivity contribution in [1.29, 1.82) is 0 Å². The van der Waals surface area contributed by atoms with Crippen molar-refractivity contribution >= 4 is 5.65 Å². The van der Waals surface area contributed by atoms with E-state index >= 15 is 0 Å². The van der Waals surface area contributed by atoms with Crippen LogP contribution >= 0.6 is 0 Å². The number of hydrogen-bond acceptors (Lipinski definition) is 3. The molecule has 4 bridgehead atoms. The van der Waals surface area contributed by atoms with Crippen LogP contribution in [0.2, 0.25) is 0 Å². The van der Waals surface area contributed by atoms with Crippen LogP contribution in [-0.4, -0.2) is 14.6 Å². The molecule has 4 aliphatic carbocycles. The summed E-state index contributed by atoms with van der Waals surface area (Å²) >= 11 is 0. The van der Waals surface area contributed by atoms with E-state index in [-0.39, 0.29) is 17.8 Å². The van der Waals surface area contributed by atoms with Crippen molar-refractivity contribution in [3.05, 3.63) is 59.5 Å². The van der Waals surface area contributed by atoms with Crippen molar-refractivity contribution in [1.82, 2.24) is 14.6 Å². The van der Waals surface area contributed by atoms with Crippen molar-refractivity contribution < 1.29 is 17.9 Å². The highest BCUT2D eigenvalue weighted by atomic mass is 19.4. The number of nitrogens with zero attached hydrogens (tertiary/aromatic N) is 3. The molecule has 1 aromatic carbocycles. The first-order valence-corrected chi connectivity index (χ1v) is 11.0. The highest BCUT2D eigenvalue weighted by molar-refractivity contribution is 5.48. The number of aromatic nitrogens is 3. The zero-order valence-corrected chi connectivity index (χ0v) is 17.1. The number of benzene rings is 1. The molecule has 4 nitrogen and oxygen atoms in total. The van der Waals surface area contributed by atoms with E-state index in [1.54, 1.807) is 6.07 Å². The van der Waals surface area contributed by atoms with Crippen molar-refractivity contribution in [2.45, 2.75) is 56.7 Å². The average Bonchev–Trinajstić information content (AvgIpc) is 3.16. The van der Waals surface area contributed by atoms with Crippen LogP contribution in [0.3, 0.4) is 0 Å². The third-order valence-electron chi connectivity index (χ3n) is 7.60. The maximum absolute atomic E-state index is 13.3. The normalized spacial score (nSPS) is 29.6. The van der Waals surface area contributed by atoms with Crippen LogP contribution in [0.25, 0.3) is 5.65 Å². The highest BCUT2D eigenvalue weighted by Gasteiger charge is 2.53. The zero-order chi connectivity index (χ0) is 21.2. The van der Waals surface area contributed by atoms with Crippen molar-refractivity contribution in [3.8, 4) is 5.75 Å². The highest BCUT2D eigenvalue weighted by Crippen LogP contribution is 2.60. The first-order chi connectivity index (χ1) is 14.9. The maximum atomic E-state index is 13.3. The van der Waals surface area contributed by atoms with Crippen LogP contribution in [0.5, 0.6) is 5.75 Å². The van der Waals surface area contributed by atoms with Crippen LogP contribution in [0, 0.1) is 17.8 Å². The summed E-state index contributed by atoms with van der Waals surface area (Å²) < 4.78 is 47.5. The van der Waals surface area contributed by atoms with Gasteiger partial charge in [-0.15, -0.1) is 10.2 Å². The van der Waals surface area contributed by atoms with Gasteiger partial charge in [-0.2, -0.15) is 13.2 Å². The van der Waals surface area contributed by atoms with Crippen molar-refractivity contribution in [2.75, 3.05) is 0 Å². The topological polar surface area (TPSA) is 39.4 Å². The number of pyridine rings is 1. The average molecular weight is 427 g/mol. The Hall–Kier alpha value is -2.57. The third-order valence-corrected chi connectivity index (χ3v) is 7.60. The van der Waals surface area contributed by atoms with E-state index < -0.39 is 11.7 Å². The van der Waals surface area contributed by atoms with Gasteiger partial charge in [0, 0.05) is 17.2 Å². The summed E-state index contributed by atoms with van der Waals surface area (Å²) in [6.45, 7) is 0.0104. The molecule has 162 valence electrons. The zero-order valence-electron chi connectivity index (χ0n) is 17.1. The number of ether oxygens (including phenoxy) is 1. The Morgan fingerprint density at radius 2 is 1.61 bits per heavy atom. The second kappa shape index (κ2) is 6.71. The summed E-state index contributed by atoms with van der Waals surface area (Å²) in [4.78, 5) is 0. The Bertz CT molecular complexity index is 1100. The summed E-state index contributed by atoms with van der Waals surface area (Å²) in [5, 5.41) is 9.11. The molecule has 31 heavy (non-hydrogen) atoms. The first-order valence-electron chi connectivity index (χ1n) is 11.0. The summed E-state index contributed by atoms with van der Waals surface area (Å²) in [5.41, 5.74) is 0.745. The smallest absolute Gasteiger partial charge is 0.419 e. The fraction of sp³-hybridized carbons (Fsp3) is 0.500. The molecule has 2 aromatic heterocycles. The Morgan fingerprint density at radius 1 is 0.935 bits per heavy atom. The van der Waals surface area contributed by atoms with Crippen LogP contribution in [0.4, 0.5) is 13.2 Å². The molecule has 0 aliphatic heterocycles. The van der Waals surface area contributed by atoms with Crippen LogP contribution in [-0.2, 0) is 18.2 Å². The minimum atomic E-state index is -4.46. The van der Waals surface area contributed by atoms with Crippen molar-refractivity contribution in [2.24, 2.45) is 17.8 Å². The fourth-order valence-corrected chi connectivity index (χ4v) is 6.81. The van der Waals surface area contributed by atoms with Gasteiger partial charge < -0.3 is 4.74 Å². The predicted molar refractivity (Wildman–Crippen MR) is 109 cm³/mol. The Balaban J connectivity index is 1.32. The van der Waals surface area contributed by atoms with E-state index in [2.05, 4.69) is 14.6 Å². The maximum Gasteiger partial charge on any atom is 0.419 e. The molecular formula is C24H24F3N3O. The molecule has 4 fully saturated rings. The number of hydrogen-bond donors (Lipinski definition) is 0. The number of halogens is 3. The van der Waals surface area contributed by atoms with Gasteiger partial charge in [-0.05, 0) is 74.5 Å². The minimum Gasteiger partial charge on any atom is -0.488 e. The van der Waals surface area contributed by atoms with E-state index in [0.29, 0.717) is 5.65 Å². The molecule has 0 spiro atoms. The van der Waals surface area contributed by atoms with E-state index in [0.717, 1.165) is 35.2 Å². The lowest BCUT2D eigenvalue weighted by atomic mass is 9.49. The van der Waals surface area contributed by atoms with Gasteiger partial charge in [0.1, 0.15) is 18.2 Å². The lowest BCUT2D eigenvalue weighted by Gasteiger charge is -2.55. The molecule has 4 aliphatic rings. The lowest BCUT2D eigenvalue weighted by Crippen LogP contribution is -2.49. The van der Waals surface area contributed by atoms with Gasteiger partial charge in [0.25, 0.3) is 0 Å². The number of rotatable bonds is 4. The summed E-state index contributed by atoms with van der Waals surface area (Å²) in [5.74, 6) is 3.24. The van der Waals surface area contributed by atoms with Gasteiger partial charge in [0.15, 0.2) is 5.65 Å². The largest absolute Gasteiger partial charge is 0.488 e. The van der Waals surface area contributed by atoms with E-state index in [4.69, 9.17) is 4.74 Å². The second-order valence-corrected chi connectivity index (χ2v) is 9.73. The molecule has 0 amide bonds. The third kappa shape index (κ3) is 3.12. The Kier molecular flexibility index (Phi) is 4.14. The van der Waals surface area contributed by atoms with E-state index in [1.807, 2.05) is 18.3 Å². The second-order valence-electron chi connectivity index (χ2n) is 9.73. The lowest BCUT2D eigenvalue weighted by molar-refractivity contribution is -0.139. The Labute approximate surface area is 178 Å². The van der Waals surface area contributed by atoms with Gasteiger partial charge in [-0.1, -0.05) is 18.2 Å². The summed E-state index contributed by atoms with van der Waals surface area (Å²) in [7, 11) is 0. The minimum absolute atomic E-state index is 0.0104. The quantitative estimate of drug-likeness (QED) is 0.529. The molecule has 7 heteroatoms. The van der Waals surface area contributed by atoms with Crippen LogP contribution < -0.4 is 4.74 Å². The van der Waals surface area contributed by atoms with Crippen LogP contribution in [0.1, 0.15) is 55.5 Å². The summed E-state index contributed by atoms with van der Waals surface area (Å²) in [6, 6.07) is 9.07. The van der Waals surface area contributed by atoms with Crippen LogP contribution in [0.15, 0.2) is 42.6 Å². The summed E-state index contributed by atoms with van der Waals surface area (Å²) in [6.07, 6.45) is 5.13. The molecule has 0 radical (unpaired) electrons. The first kappa shape index (κ1) is 19.1. The molecule has 0 N–H and O–H groups in total. The standard InChI is InChI=1S/C24H24F3N3O/c25-24(26,27)19-5-1-2-6-20(19)31-14-18-4-3-7-30-21(18)28-29-22(30)23-11-15-8-16(12-23)10-17(9-15)13-23/h1-7,15-17H,8-14H2. The predicted octanol–water partition coefficient (Wildman–Crippen LogP) is 5.79. The Morgan fingerprint density at radius 3 is 2.29 bits per heavy atom. The number of alkyl halides is 3. The molecule has 4 saturated carbocycles. The molecule has 7 rings (SSSR count). The number of para-hydroxylation sites is 1. The monoisotopic (exact) mass is 427 g/mol. The van der Waals surface area contributed by atoms with Gasteiger partial charge in [-0.3, -0.25) is 4.40 Å². The molecule has 2 heterocycles. The van der Waals surface area contributed by atoms with E-state index in [9.17, 15) is 13.2 Å². The fourth-order valence-electron chi connectivity index (χ4n) is 6.81. The number of fused-ring (bicyclic) bond motifs is 1. The van der Waals surface area contributed by atoms with E-state index in [1.165, 1.54) is 50.7 Å². The molecule has 0 atom stereocenters. The molecule has 3 aromatic rings. The van der Waals surface area contributed by atoms with Gasteiger partial charge in [0.05, 0.1) is 5.56 Å². The van der Waals surface area contributed by atoms with Crippen molar-refractivity contribution in [3.63, 3.8) is 0 Å². The SMILES string of the molecule is FC(F)(F)c1ccccc1OCc1cccn2c(C34CC5CC(CC(C5)C3)C4)nnc12. The molecular weight excluding hydrogens is 403 g/mol. The van der Waals surface area contributed by atoms with Gasteiger partial charge >= 0.3 is 6.18 Å². The molecule has 0 saturated heterocycles. The molecule has 0 unspecified atom stereocenters. The van der Waals surface area contributed by atoms with Gasteiger partial charge in [-0.25, -0.2) is 0 Å².